The Kier molecular flexibility index (Phi) is 6.59. The van der Waals surface area contributed by atoms with Gasteiger partial charge < -0.3 is 15.5 Å². The molecule has 1 aromatic rings. The molecule has 27 heavy (non-hydrogen) atoms. The maximum Gasteiger partial charge on any atom is 0.189 e. The van der Waals surface area contributed by atoms with Crippen LogP contribution in [0.4, 0.5) is 5.82 Å². The molecule has 3 rings (SSSR count). The molecule has 1 aliphatic carbocycles. The molecule has 0 amide bonds. The van der Waals surface area contributed by atoms with E-state index in [-0.39, 0.29) is 0 Å². The van der Waals surface area contributed by atoms with Crippen molar-refractivity contribution in [1.82, 2.24) is 15.3 Å². The van der Waals surface area contributed by atoms with Crippen LogP contribution in [0.1, 0.15) is 19.3 Å². The molecule has 0 spiro atoms. The predicted molar refractivity (Wildman–Crippen MR) is 116 cm³/mol. The minimum atomic E-state index is 0.643. The normalized spacial score (nSPS) is 19.6. The van der Waals surface area contributed by atoms with Crippen LogP contribution in [0.25, 0.3) is 0 Å². The number of nitrogens with two attached hydrogens (primary N) is 1. The van der Waals surface area contributed by atoms with Crippen LogP contribution in [0.3, 0.4) is 0 Å². The maximum absolute atomic E-state index is 6.26. The number of nitrogens with one attached hydrogen (secondary N) is 1. The van der Waals surface area contributed by atoms with Crippen molar-refractivity contribution >= 4 is 28.9 Å². The highest BCUT2D eigenvalue weighted by Crippen LogP contribution is 2.21. The van der Waals surface area contributed by atoms with Crippen molar-refractivity contribution in [2.24, 2.45) is 10.8 Å². The zero-order valence-corrected chi connectivity index (χ0v) is 16.3. The van der Waals surface area contributed by atoms with Gasteiger partial charge in [0.15, 0.2) is 5.11 Å². The average Bonchev–Trinajstić information content (AvgIpc) is 2.72. The maximum atomic E-state index is 6.26. The lowest BCUT2D eigenvalue weighted by molar-refractivity contribution is 0.380. The van der Waals surface area contributed by atoms with Gasteiger partial charge >= 0.3 is 0 Å². The number of pyridine rings is 1. The number of piperazine rings is 1. The number of nitrogens with zero attached hydrogens (tertiary/aromatic N) is 4. The molecular formula is C20H26N6S. The summed E-state index contributed by atoms with van der Waals surface area (Å²) in [6, 6.07) is 5.98. The average molecular weight is 383 g/mol. The number of hydrogen-bond acceptors (Lipinski definition) is 5. The third kappa shape index (κ3) is 4.95. The van der Waals surface area contributed by atoms with Gasteiger partial charge in [-0.3, -0.25) is 5.43 Å². The molecule has 0 aromatic carbocycles. The minimum Gasteiger partial charge on any atom is -0.397 e. The fraction of sp³-hybridized carbons (Fsp3) is 0.350. The second-order valence-corrected chi connectivity index (χ2v) is 6.91. The first-order chi connectivity index (χ1) is 13.2. The van der Waals surface area contributed by atoms with E-state index in [0.29, 0.717) is 5.11 Å². The molecule has 1 aliphatic heterocycles. The molecule has 0 atom stereocenters. The van der Waals surface area contributed by atoms with E-state index in [1.54, 1.807) is 6.08 Å². The third-order valence-corrected chi connectivity index (χ3v) is 5.13. The second kappa shape index (κ2) is 9.32. The monoisotopic (exact) mass is 382 g/mol. The summed E-state index contributed by atoms with van der Waals surface area (Å²) in [6.45, 7) is 7.15. The van der Waals surface area contributed by atoms with Crippen LogP contribution in [0.2, 0.25) is 0 Å². The molecule has 3 N–H and O–H groups in total. The first-order valence-corrected chi connectivity index (χ1v) is 9.65. The summed E-state index contributed by atoms with van der Waals surface area (Å²) in [5.41, 5.74) is 12.0. The van der Waals surface area contributed by atoms with Gasteiger partial charge in [-0.2, -0.15) is 5.10 Å². The van der Waals surface area contributed by atoms with Crippen LogP contribution in [-0.4, -0.2) is 46.9 Å². The molecule has 1 saturated heterocycles. The second-order valence-electron chi connectivity index (χ2n) is 6.52. The quantitative estimate of drug-likeness (QED) is 0.474. The van der Waals surface area contributed by atoms with Crippen LogP contribution in [0, 0.1) is 0 Å². The number of rotatable bonds is 4. The molecule has 0 saturated carbocycles. The minimum absolute atomic E-state index is 0.643. The molecule has 142 valence electrons. The molecule has 0 radical (unpaired) electrons. The van der Waals surface area contributed by atoms with E-state index in [1.165, 1.54) is 0 Å². The molecule has 7 heteroatoms. The van der Waals surface area contributed by atoms with Gasteiger partial charge in [-0.25, -0.2) is 4.98 Å². The van der Waals surface area contributed by atoms with Crippen molar-refractivity contribution in [3.63, 3.8) is 0 Å². The summed E-state index contributed by atoms with van der Waals surface area (Å²) in [4.78, 5) is 8.82. The largest absolute Gasteiger partial charge is 0.397 e. The van der Waals surface area contributed by atoms with E-state index in [0.717, 1.165) is 68.2 Å². The Balaban J connectivity index is 1.56. The van der Waals surface area contributed by atoms with Crippen molar-refractivity contribution in [2.45, 2.75) is 19.3 Å². The molecule has 2 aliphatic rings. The van der Waals surface area contributed by atoms with Crippen molar-refractivity contribution in [3.8, 4) is 0 Å². The zero-order valence-electron chi connectivity index (χ0n) is 15.5. The van der Waals surface area contributed by atoms with Crippen molar-refractivity contribution < 1.29 is 0 Å². The van der Waals surface area contributed by atoms with Gasteiger partial charge in [0.25, 0.3) is 0 Å². The predicted octanol–water partition coefficient (Wildman–Crippen LogP) is 2.57. The highest BCUT2D eigenvalue weighted by atomic mass is 32.1. The van der Waals surface area contributed by atoms with Crippen LogP contribution < -0.4 is 16.1 Å². The SMILES string of the molecule is C=C/C=C\C1=C(N)C(=N\NC(=S)N2CCN(c3ccccn3)CC2)/CCC1. The highest BCUT2D eigenvalue weighted by Gasteiger charge is 2.20. The molecule has 0 unspecified atom stereocenters. The summed E-state index contributed by atoms with van der Waals surface area (Å²) < 4.78 is 0. The Hall–Kier alpha value is -2.67. The van der Waals surface area contributed by atoms with Gasteiger partial charge in [-0.05, 0) is 49.2 Å². The number of aromatic nitrogens is 1. The number of hydrazone groups is 1. The van der Waals surface area contributed by atoms with E-state index in [2.05, 4.69) is 31.9 Å². The van der Waals surface area contributed by atoms with Crippen LogP contribution in [0.15, 0.2) is 65.6 Å². The third-order valence-electron chi connectivity index (χ3n) is 4.78. The molecule has 2 heterocycles. The summed E-state index contributed by atoms with van der Waals surface area (Å²) in [6.07, 6.45) is 10.4. The zero-order chi connectivity index (χ0) is 19.1. The lowest BCUT2D eigenvalue weighted by Crippen LogP contribution is -2.51. The Bertz CT molecular complexity index is 760. The van der Waals surface area contributed by atoms with Crippen LogP contribution >= 0.6 is 12.2 Å². The van der Waals surface area contributed by atoms with Gasteiger partial charge in [0.1, 0.15) is 5.82 Å². The van der Waals surface area contributed by atoms with E-state index in [1.807, 2.05) is 36.5 Å². The first kappa shape index (κ1) is 19.1. The summed E-state index contributed by atoms with van der Waals surface area (Å²) >= 11 is 5.53. The van der Waals surface area contributed by atoms with E-state index in [4.69, 9.17) is 18.0 Å². The molecular weight excluding hydrogens is 356 g/mol. The summed E-state index contributed by atoms with van der Waals surface area (Å²) in [5.74, 6) is 1.01. The summed E-state index contributed by atoms with van der Waals surface area (Å²) in [5, 5.41) is 5.13. The van der Waals surface area contributed by atoms with Crippen molar-refractivity contribution in [2.75, 3.05) is 31.1 Å². The fourth-order valence-corrected chi connectivity index (χ4v) is 3.47. The lowest BCUT2D eigenvalue weighted by atomic mass is 9.94. The van der Waals surface area contributed by atoms with E-state index >= 15 is 0 Å². The molecule has 0 bridgehead atoms. The van der Waals surface area contributed by atoms with Gasteiger partial charge in [0, 0.05) is 32.4 Å². The van der Waals surface area contributed by atoms with Crippen LogP contribution in [-0.2, 0) is 0 Å². The Morgan fingerprint density at radius 3 is 2.78 bits per heavy atom. The van der Waals surface area contributed by atoms with Gasteiger partial charge in [-0.1, -0.05) is 30.9 Å². The first-order valence-electron chi connectivity index (χ1n) is 9.24. The lowest BCUT2D eigenvalue weighted by Gasteiger charge is -2.36. The molecule has 1 aromatic heterocycles. The van der Waals surface area contributed by atoms with Crippen LogP contribution in [0.5, 0.6) is 0 Å². The van der Waals surface area contributed by atoms with Crippen molar-refractivity contribution in [1.29, 1.82) is 0 Å². The van der Waals surface area contributed by atoms with Crippen molar-refractivity contribution in [3.05, 3.63) is 60.5 Å². The Morgan fingerprint density at radius 2 is 2.07 bits per heavy atom. The van der Waals surface area contributed by atoms with Gasteiger partial charge in [0.05, 0.1) is 11.4 Å². The molecule has 1 fully saturated rings. The topological polar surface area (TPSA) is 69.8 Å². The number of anilines is 1. The number of allylic oxidation sites excluding steroid dienone is 5. The number of thiocarbonyl (C=S) groups is 1. The standard InChI is InChI=1S/C20H26N6S/c1-2-3-7-16-8-6-9-17(19(16)21)23-24-20(27)26-14-12-25(13-15-26)18-10-4-5-11-22-18/h2-5,7,10-11H,1,6,8-9,12-15,21H2,(H,24,27)/b7-3-,23-17-. The smallest absolute Gasteiger partial charge is 0.189 e. The van der Waals surface area contributed by atoms with Gasteiger partial charge in [0.2, 0.25) is 0 Å². The van der Waals surface area contributed by atoms with Gasteiger partial charge in [-0.15, -0.1) is 0 Å². The van der Waals surface area contributed by atoms with E-state index in [9.17, 15) is 0 Å². The van der Waals surface area contributed by atoms with E-state index < -0.39 is 0 Å². The number of hydrogen-bond donors (Lipinski definition) is 2. The highest BCUT2D eigenvalue weighted by molar-refractivity contribution is 7.80. The summed E-state index contributed by atoms with van der Waals surface area (Å²) in [7, 11) is 0. The fourth-order valence-electron chi connectivity index (χ4n) is 3.24. The Labute approximate surface area is 166 Å². The molecule has 6 nitrogen and oxygen atoms in total. The Morgan fingerprint density at radius 1 is 1.26 bits per heavy atom.